The first kappa shape index (κ1) is 27.1. The molecule has 4 rings (SSSR count). The van der Waals surface area contributed by atoms with E-state index in [9.17, 15) is 9.59 Å². The van der Waals surface area contributed by atoms with Crippen LogP contribution in [0, 0.1) is 20.8 Å². The number of pyridine rings is 1. The van der Waals surface area contributed by atoms with Crippen LogP contribution in [0.5, 0.6) is 0 Å². The van der Waals surface area contributed by atoms with Gasteiger partial charge in [-0.3, -0.25) is 9.59 Å². The number of aryl methyl sites for hydroxylation is 2. The zero-order valence-corrected chi connectivity index (χ0v) is 23.8. The van der Waals surface area contributed by atoms with Gasteiger partial charge in [0.25, 0.3) is 11.5 Å². The predicted molar refractivity (Wildman–Crippen MR) is 155 cm³/mol. The van der Waals surface area contributed by atoms with Gasteiger partial charge in [-0.05, 0) is 114 Å². The molecule has 1 aliphatic rings. The lowest BCUT2D eigenvalue weighted by molar-refractivity contribution is 0.0950. The predicted octanol–water partition coefficient (Wildman–Crippen LogP) is 5.66. The molecule has 7 heteroatoms. The van der Waals surface area contributed by atoms with Gasteiger partial charge in [0.2, 0.25) is 0 Å². The van der Waals surface area contributed by atoms with Gasteiger partial charge >= 0.3 is 0 Å². The van der Waals surface area contributed by atoms with E-state index in [0.717, 1.165) is 52.3 Å². The normalized spacial score (nSPS) is 17.7. The molecule has 0 saturated heterocycles. The van der Waals surface area contributed by atoms with E-state index in [1.807, 2.05) is 32.0 Å². The maximum atomic E-state index is 13.6. The number of anilines is 1. The Morgan fingerprint density at radius 2 is 1.78 bits per heavy atom. The Bertz CT molecular complexity index is 1290. The molecule has 1 fully saturated rings. The molecule has 2 aromatic heterocycles. The molecule has 6 nitrogen and oxygen atoms in total. The molecule has 1 aromatic carbocycles. The van der Waals surface area contributed by atoms with Crippen LogP contribution in [0.3, 0.4) is 0 Å². The van der Waals surface area contributed by atoms with Crippen LogP contribution >= 0.6 is 11.3 Å². The van der Waals surface area contributed by atoms with Crippen molar-refractivity contribution < 1.29 is 4.79 Å². The number of amides is 1. The van der Waals surface area contributed by atoms with Gasteiger partial charge in [0.15, 0.2) is 0 Å². The zero-order valence-electron chi connectivity index (χ0n) is 23.0. The summed E-state index contributed by atoms with van der Waals surface area (Å²) in [5.41, 5.74) is 6.01. The molecule has 2 N–H and O–H groups in total. The van der Waals surface area contributed by atoms with Crippen molar-refractivity contribution in [3.8, 4) is 10.4 Å². The summed E-state index contributed by atoms with van der Waals surface area (Å²) in [5.74, 6) is -0.149. The fourth-order valence-electron chi connectivity index (χ4n) is 5.69. The van der Waals surface area contributed by atoms with Crippen molar-refractivity contribution in [3.63, 3.8) is 0 Å². The standard InChI is InChI=1S/C30H40N4O2S/c1-7-34(24-12-10-23(11-13-24)33(5)6)27-17-22(28-9-8-14-37-28)16-25(21(27)4)29(35)31-18-26-19(2)15-20(3)32-30(26)36/h8-9,14-17,23-24H,7,10-13,18H2,1-6H3,(H,31,35)(H,32,36)/t23-,24-. The molecular weight excluding hydrogens is 480 g/mol. The summed E-state index contributed by atoms with van der Waals surface area (Å²) in [4.78, 5) is 34.9. The SMILES string of the molecule is CCN(c1cc(-c2cccs2)cc(C(=O)NCc2c(C)cc(C)[nH]c2=O)c1C)[C@H]1CC[C@H](N(C)C)CC1. The lowest BCUT2D eigenvalue weighted by Gasteiger charge is -2.40. The number of rotatable bonds is 8. The van der Waals surface area contributed by atoms with E-state index in [2.05, 4.69) is 65.6 Å². The van der Waals surface area contributed by atoms with Gasteiger partial charge in [0.05, 0.1) is 0 Å². The molecule has 0 unspecified atom stereocenters. The Morgan fingerprint density at radius 3 is 2.38 bits per heavy atom. The Labute approximate surface area is 224 Å². The number of thiophene rings is 1. The lowest BCUT2D eigenvalue weighted by atomic mass is 9.88. The number of benzene rings is 1. The Morgan fingerprint density at radius 1 is 1.08 bits per heavy atom. The largest absolute Gasteiger partial charge is 0.369 e. The monoisotopic (exact) mass is 520 g/mol. The minimum atomic E-state index is -0.149. The minimum absolute atomic E-state index is 0.145. The van der Waals surface area contributed by atoms with Gasteiger partial charge in [0.1, 0.15) is 0 Å². The summed E-state index contributed by atoms with van der Waals surface area (Å²) in [6.45, 7) is 9.14. The summed E-state index contributed by atoms with van der Waals surface area (Å²) in [7, 11) is 4.35. The Kier molecular flexibility index (Phi) is 8.55. The van der Waals surface area contributed by atoms with Crippen LogP contribution < -0.4 is 15.8 Å². The first-order valence-corrected chi connectivity index (χ1v) is 14.2. The van der Waals surface area contributed by atoms with Gasteiger partial charge in [-0.1, -0.05) is 6.07 Å². The third kappa shape index (κ3) is 5.99. The van der Waals surface area contributed by atoms with Gasteiger partial charge in [-0.25, -0.2) is 0 Å². The topological polar surface area (TPSA) is 68.4 Å². The van der Waals surface area contributed by atoms with Crippen LogP contribution in [0.1, 0.15) is 65.3 Å². The second-order valence-corrected chi connectivity index (χ2v) is 11.4. The molecule has 0 aliphatic heterocycles. The highest BCUT2D eigenvalue weighted by atomic mass is 32.1. The summed E-state index contributed by atoms with van der Waals surface area (Å²) >= 11 is 1.68. The molecule has 2 heterocycles. The van der Waals surface area contributed by atoms with Crippen LogP contribution in [0.2, 0.25) is 0 Å². The Hall–Kier alpha value is -2.90. The summed E-state index contributed by atoms with van der Waals surface area (Å²) < 4.78 is 0. The van der Waals surface area contributed by atoms with Gasteiger partial charge in [-0.15, -0.1) is 11.3 Å². The average Bonchev–Trinajstić information content (AvgIpc) is 3.40. The van der Waals surface area contributed by atoms with Gasteiger partial charge < -0.3 is 20.1 Å². The molecule has 0 spiro atoms. The van der Waals surface area contributed by atoms with Crippen molar-refractivity contribution in [1.29, 1.82) is 0 Å². The fourth-order valence-corrected chi connectivity index (χ4v) is 6.41. The molecule has 1 saturated carbocycles. The molecule has 37 heavy (non-hydrogen) atoms. The van der Waals surface area contributed by atoms with E-state index in [4.69, 9.17) is 0 Å². The number of H-pyrrole nitrogens is 1. The van der Waals surface area contributed by atoms with Crippen molar-refractivity contribution in [2.75, 3.05) is 25.5 Å². The van der Waals surface area contributed by atoms with Crippen molar-refractivity contribution >= 4 is 22.9 Å². The number of hydrogen-bond donors (Lipinski definition) is 2. The quantitative estimate of drug-likeness (QED) is 0.402. The number of carbonyl (C=O) groups excluding carboxylic acids is 1. The van der Waals surface area contributed by atoms with Crippen LogP contribution in [0.15, 0.2) is 40.5 Å². The fraction of sp³-hybridized carbons (Fsp3) is 0.467. The second-order valence-electron chi connectivity index (χ2n) is 10.5. The lowest BCUT2D eigenvalue weighted by Crippen LogP contribution is -2.42. The Balaban J connectivity index is 1.66. The maximum Gasteiger partial charge on any atom is 0.253 e. The first-order valence-electron chi connectivity index (χ1n) is 13.3. The molecule has 0 bridgehead atoms. The molecule has 1 amide bonds. The van der Waals surface area contributed by atoms with E-state index >= 15 is 0 Å². The molecule has 0 radical (unpaired) electrons. The third-order valence-electron chi connectivity index (χ3n) is 7.84. The first-order chi connectivity index (χ1) is 17.7. The zero-order chi connectivity index (χ0) is 26.7. The number of aromatic nitrogens is 1. The summed E-state index contributed by atoms with van der Waals surface area (Å²) in [5, 5.41) is 5.10. The van der Waals surface area contributed by atoms with Crippen molar-refractivity contribution in [2.45, 2.75) is 72.0 Å². The highest BCUT2D eigenvalue weighted by Gasteiger charge is 2.28. The molecule has 0 atom stereocenters. The second kappa shape index (κ2) is 11.7. The summed E-state index contributed by atoms with van der Waals surface area (Å²) in [6.07, 6.45) is 4.68. The molecule has 3 aromatic rings. The number of carbonyl (C=O) groups is 1. The summed E-state index contributed by atoms with van der Waals surface area (Å²) in [6, 6.07) is 11.5. The third-order valence-corrected chi connectivity index (χ3v) is 8.76. The minimum Gasteiger partial charge on any atom is -0.369 e. The highest BCUT2D eigenvalue weighted by molar-refractivity contribution is 7.13. The number of nitrogens with zero attached hydrogens (tertiary/aromatic N) is 2. The van der Waals surface area contributed by atoms with Gasteiger partial charge in [-0.2, -0.15) is 0 Å². The van der Waals surface area contributed by atoms with Crippen LogP contribution in [-0.4, -0.2) is 48.5 Å². The molecule has 1 aliphatic carbocycles. The van der Waals surface area contributed by atoms with Crippen molar-refractivity contribution in [2.24, 2.45) is 0 Å². The van der Waals surface area contributed by atoms with Crippen molar-refractivity contribution in [1.82, 2.24) is 15.2 Å². The molecule has 198 valence electrons. The van der Waals surface area contributed by atoms with Gasteiger partial charge in [0, 0.05) is 52.6 Å². The van der Waals surface area contributed by atoms with Crippen LogP contribution in [0.25, 0.3) is 10.4 Å². The van der Waals surface area contributed by atoms with Crippen LogP contribution in [0.4, 0.5) is 5.69 Å². The van der Waals surface area contributed by atoms with E-state index in [0.29, 0.717) is 23.2 Å². The smallest absolute Gasteiger partial charge is 0.253 e. The van der Waals surface area contributed by atoms with E-state index in [-0.39, 0.29) is 18.0 Å². The highest BCUT2D eigenvalue weighted by Crippen LogP contribution is 2.36. The van der Waals surface area contributed by atoms with E-state index in [1.54, 1.807) is 11.3 Å². The number of aromatic amines is 1. The van der Waals surface area contributed by atoms with E-state index < -0.39 is 0 Å². The number of hydrogen-bond acceptors (Lipinski definition) is 5. The molecular formula is C30H40N4O2S. The number of nitrogens with one attached hydrogen (secondary N) is 2. The average molecular weight is 521 g/mol. The van der Waals surface area contributed by atoms with E-state index in [1.165, 1.54) is 12.8 Å². The maximum absolute atomic E-state index is 13.6. The van der Waals surface area contributed by atoms with Crippen molar-refractivity contribution in [3.05, 3.63) is 74.0 Å². The van der Waals surface area contributed by atoms with Crippen LogP contribution in [-0.2, 0) is 6.54 Å².